The Balaban J connectivity index is 2.00. The van der Waals surface area contributed by atoms with E-state index in [-0.39, 0.29) is 0 Å². The van der Waals surface area contributed by atoms with Crippen LogP contribution in [0.15, 0.2) is 46.0 Å². The Bertz CT molecular complexity index is 1020. The number of nitrogens with one attached hydrogen (secondary N) is 1. The molecule has 0 fully saturated rings. The monoisotopic (exact) mass is 456 g/mol. The van der Waals surface area contributed by atoms with Crippen LogP contribution in [0.4, 0.5) is 0 Å². The van der Waals surface area contributed by atoms with Crippen LogP contribution in [-0.4, -0.2) is 28.2 Å². The minimum absolute atomic E-state index is 0.352. The van der Waals surface area contributed by atoms with Gasteiger partial charge in [-0.05, 0) is 70.1 Å². The molecule has 1 N–H and O–H groups in total. The van der Waals surface area contributed by atoms with Crippen LogP contribution in [0.1, 0.15) is 5.56 Å². The van der Waals surface area contributed by atoms with Crippen molar-refractivity contribution in [3.05, 3.63) is 61.3 Å². The molecule has 1 heterocycles. The van der Waals surface area contributed by atoms with Gasteiger partial charge in [0.25, 0.3) is 0 Å². The molecule has 0 aliphatic carbocycles. The van der Waals surface area contributed by atoms with Gasteiger partial charge in [-0.15, -0.1) is 0 Å². The molecule has 0 saturated heterocycles. The Hall–Kier alpha value is -1.67. The highest BCUT2D eigenvalue weighted by molar-refractivity contribution is 9.10. The van der Waals surface area contributed by atoms with E-state index in [9.17, 15) is 0 Å². The van der Waals surface area contributed by atoms with Gasteiger partial charge in [0.05, 0.1) is 22.8 Å². The van der Waals surface area contributed by atoms with Crippen LogP contribution < -0.4 is 4.74 Å². The maximum atomic E-state index is 6.26. The molecule has 0 bridgehead atoms. The Morgan fingerprint density at radius 1 is 1.28 bits per heavy atom. The van der Waals surface area contributed by atoms with E-state index in [0.717, 1.165) is 15.8 Å². The molecular weight excluding hydrogens is 447 g/mol. The zero-order valence-corrected chi connectivity index (χ0v) is 16.7. The van der Waals surface area contributed by atoms with E-state index in [1.165, 1.54) is 4.68 Å². The zero-order chi connectivity index (χ0) is 18.0. The molecule has 0 aliphatic rings. The first kappa shape index (κ1) is 18.1. The third-order valence-electron chi connectivity index (χ3n) is 3.32. The lowest BCUT2D eigenvalue weighted by Crippen LogP contribution is -1.96. The molecule has 0 aliphatic heterocycles. The van der Waals surface area contributed by atoms with E-state index in [2.05, 4.69) is 31.2 Å². The first-order valence-electron chi connectivity index (χ1n) is 7.00. The molecular formula is C16H11BrCl2N4OS. The number of rotatable bonds is 4. The molecule has 1 aromatic heterocycles. The second kappa shape index (κ2) is 7.70. The maximum Gasteiger partial charge on any atom is 0.216 e. The second-order valence-electron chi connectivity index (χ2n) is 4.93. The van der Waals surface area contributed by atoms with Crippen LogP contribution in [0, 0.1) is 4.77 Å². The standard InChI is InChI=1S/C16H11BrCl2N4OS/c1-24-14-5-2-9(6-12(14)17)8-20-23-15(21-22-16(23)25)11-4-3-10(18)7-13(11)19/h2-8H,1H3,(H,22,25). The summed E-state index contributed by atoms with van der Waals surface area (Å²) >= 11 is 20.9. The molecule has 128 valence electrons. The average Bonchev–Trinajstić information content (AvgIpc) is 2.94. The normalized spacial score (nSPS) is 11.2. The number of ether oxygens (including phenoxy) is 1. The summed E-state index contributed by atoms with van der Waals surface area (Å²) < 4.78 is 7.90. The number of nitrogens with zero attached hydrogens (tertiary/aromatic N) is 3. The number of hydrogen-bond donors (Lipinski definition) is 1. The summed E-state index contributed by atoms with van der Waals surface area (Å²) in [4.78, 5) is 0. The predicted molar refractivity (Wildman–Crippen MR) is 107 cm³/mol. The lowest BCUT2D eigenvalue weighted by Gasteiger charge is -2.05. The van der Waals surface area contributed by atoms with Crippen LogP contribution in [0.3, 0.4) is 0 Å². The highest BCUT2D eigenvalue weighted by Gasteiger charge is 2.12. The molecule has 25 heavy (non-hydrogen) atoms. The van der Waals surface area contributed by atoms with Crippen LogP contribution in [0.25, 0.3) is 11.4 Å². The lowest BCUT2D eigenvalue weighted by atomic mass is 10.2. The van der Waals surface area contributed by atoms with Gasteiger partial charge in [0.1, 0.15) is 5.75 Å². The van der Waals surface area contributed by atoms with Crippen molar-refractivity contribution in [2.75, 3.05) is 7.11 Å². The molecule has 0 spiro atoms. The van der Waals surface area contributed by atoms with E-state index >= 15 is 0 Å². The molecule has 0 saturated carbocycles. The second-order valence-corrected chi connectivity index (χ2v) is 7.01. The molecule has 9 heteroatoms. The third kappa shape index (κ3) is 3.95. The van der Waals surface area contributed by atoms with Gasteiger partial charge in [-0.1, -0.05) is 23.2 Å². The fourth-order valence-electron chi connectivity index (χ4n) is 2.13. The molecule has 3 aromatic rings. The maximum absolute atomic E-state index is 6.26. The SMILES string of the molecule is COc1ccc(C=Nn2c(-c3ccc(Cl)cc3Cl)n[nH]c2=S)cc1Br. The van der Waals surface area contributed by atoms with E-state index < -0.39 is 0 Å². The Labute approximate surface area is 167 Å². The van der Waals surface area contributed by atoms with Crippen molar-refractivity contribution in [3.8, 4) is 17.1 Å². The summed E-state index contributed by atoms with van der Waals surface area (Å²) in [5.74, 6) is 1.24. The highest BCUT2D eigenvalue weighted by atomic mass is 79.9. The van der Waals surface area contributed by atoms with Gasteiger partial charge >= 0.3 is 0 Å². The average molecular weight is 458 g/mol. The van der Waals surface area contributed by atoms with Crippen molar-refractivity contribution < 1.29 is 4.74 Å². The van der Waals surface area contributed by atoms with Crippen molar-refractivity contribution in [3.63, 3.8) is 0 Å². The lowest BCUT2D eigenvalue weighted by molar-refractivity contribution is 0.412. The number of benzene rings is 2. The summed E-state index contributed by atoms with van der Waals surface area (Å²) in [6, 6.07) is 10.8. The summed E-state index contributed by atoms with van der Waals surface area (Å²) in [6.07, 6.45) is 1.67. The number of hydrogen-bond acceptors (Lipinski definition) is 4. The third-order valence-corrected chi connectivity index (χ3v) is 4.75. The van der Waals surface area contributed by atoms with Crippen molar-refractivity contribution in [1.29, 1.82) is 0 Å². The summed E-state index contributed by atoms with van der Waals surface area (Å²) in [7, 11) is 1.61. The topological polar surface area (TPSA) is 55.2 Å². The van der Waals surface area contributed by atoms with Crippen LogP contribution in [0.2, 0.25) is 10.0 Å². The van der Waals surface area contributed by atoms with E-state index in [1.54, 1.807) is 31.5 Å². The van der Waals surface area contributed by atoms with Gasteiger partial charge in [0.15, 0.2) is 5.82 Å². The fraction of sp³-hybridized carbons (Fsp3) is 0.0625. The predicted octanol–water partition coefficient (Wildman–Crippen LogP) is 5.57. The molecule has 0 amide bonds. The molecule has 0 unspecified atom stereocenters. The van der Waals surface area contributed by atoms with Crippen molar-refractivity contribution in [2.24, 2.45) is 5.10 Å². The van der Waals surface area contributed by atoms with Crippen molar-refractivity contribution in [1.82, 2.24) is 14.9 Å². The Morgan fingerprint density at radius 2 is 2.08 bits per heavy atom. The number of methoxy groups -OCH3 is 1. The zero-order valence-electron chi connectivity index (χ0n) is 12.8. The van der Waals surface area contributed by atoms with Gasteiger partial charge in [-0.2, -0.15) is 14.9 Å². The van der Waals surface area contributed by atoms with E-state index in [4.69, 9.17) is 40.2 Å². The Kier molecular flexibility index (Phi) is 5.58. The first-order valence-corrected chi connectivity index (χ1v) is 8.96. The van der Waals surface area contributed by atoms with Gasteiger partial charge in [-0.25, -0.2) is 5.10 Å². The first-order chi connectivity index (χ1) is 12.0. The smallest absolute Gasteiger partial charge is 0.216 e. The largest absolute Gasteiger partial charge is 0.496 e. The van der Waals surface area contributed by atoms with Gasteiger partial charge in [-0.3, -0.25) is 0 Å². The molecule has 2 aromatic carbocycles. The minimum Gasteiger partial charge on any atom is -0.496 e. The number of H-pyrrole nitrogens is 1. The highest BCUT2D eigenvalue weighted by Crippen LogP contribution is 2.29. The van der Waals surface area contributed by atoms with E-state index in [1.807, 2.05) is 18.2 Å². The molecule has 0 radical (unpaired) electrons. The molecule has 5 nitrogen and oxygen atoms in total. The van der Waals surface area contributed by atoms with Gasteiger partial charge in [0.2, 0.25) is 4.77 Å². The number of halogens is 3. The fourth-order valence-corrected chi connectivity index (χ4v) is 3.36. The van der Waals surface area contributed by atoms with Crippen LogP contribution in [-0.2, 0) is 0 Å². The summed E-state index contributed by atoms with van der Waals surface area (Å²) in [6.45, 7) is 0. The number of aromatic amines is 1. The quantitative estimate of drug-likeness (QED) is 0.411. The number of aromatic nitrogens is 3. The Morgan fingerprint density at radius 3 is 2.76 bits per heavy atom. The van der Waals surface area contributed by atoms with Crippen molar-refractivity contribution >= 4 is 57.6 Å². The minimum atomic E-state index is 0.352. The van der Waals surface area contributed by atoms with Gasteiger partial charge in [0, 0.05) is 10.6 Å². The molecule has 3 rings (SSSR count). The van der Waals surface area contributed by atoms with Gasteiger partial charge < -0.3 is 4.74 Å². The van der Waals surface area contributed by atoms with Crippen LogP contribution in [0.5, 0.6) is 5.75 Å². The van der Waals surface area contributed by atoms with Crippen molar-refractivity contribution in [2.45, 2.75) is 0 Å². The van der Waals surface area contributed by atoms with Crippen LogP contribution >= 0.6 is 51.3 Å². The van der Waals surface area contributed by atoms with E-state index in [0.29, 0.717) is 26.2 Å². The molecule has 0 atom stereocenters. The summed E-state index contributed by atoms with van der Waals surface area (Å²) in [5, 5.41) is 12.4. The summed E-state index contributed by atoms with van der Waals surface area (Å²) in [5.41, 5.74) is 1.54.